The van der Waals surface area contributed by atoms with Crippen molar-refractivity contribution in [3.05, 3.63) is 36.5 Å². The summed E-state index contributed by atoms with van der Waals surface area (Å²) in [4.78, 5) is 4.27. The summed E-state index contributed by atoms with van der Waals surface area (Å²) in [5.41, 5.74) is 0.965. The molecule has 0 bridgehead atoms. The van der Waals surface area contributed by atoms with Crippen LogP contribution in [0.3, 0.4) is 0 Å². The maximum atomic E-state index is 5.57. The van der Waals surface area contributed by atoms with Crippen LogP contribution in [0.15, 0.2) is 36.5 Å². The van der Waals surface area contributed by atoms with Crippen molar-refractivity contribution in [1.29, 1.82) is 0 Å². The largest absolute Gasteiger partial charge is 0.491 e. The summed E-state index contributed by atoms with van der Waals surface area (Å²) in [6.07, 6.45) is 2.08. The second kappa shape index (κ2) is 3.51. The lowest BCUT2D eigenvalue weighted by Gasteiger charge is -2.04. The summed E-state index contributed by atoms with van der Waals surface area (Å²) in [5, 5.41) is 1.13. The number of benzene rings is 1. The minimum absolute atomic E-state index is 0.296. The Bertz CT molecular complexity index is 480. The zero-order valence-electron chi connectivity index (χ0n) is 8.22. The fourth-order valence-corrected chi connectivity index (χ4v) is 1.49. The van der Waals surface area contributed by atoms with Crippen molar-refractivity contribution in [2.75, 3.05) is 13.2 Å². The average Bonchev–Trinajstić information content (AvgIpc) is 3.10. The van der Waals surface area contributed by atoms with Gasteiger partial charge in [0.2, 0.25) is 0 Å². The smallest absolute Gasteiger partial charge is 0.121 e. The van der Waals surface area contributed by atoms with E-state index in [1.54, 1.807) is 6.20 Å². The molecule has 1 aromatic heterocycles. The number of aromatic nitrogens is 1. The second-order valence-corrected chi connectivity index (χ2v) is 3.62. The predicted molar refractivity (Wildman–Crippen MR) is 57.0 cm³/mol. The lowest BCUT2D eigenvalue weighted by Crippen LogP contribution is -2.03. The monoisotopic (exact) mass is 201 g/mol. The molecule has 1 fully saturated rings. The quantitative estimate of drug-likeness (QED) is 0.712. The fraction of sp³-hybridized carbons (Fsp3) is 0.250. The first-order chi connectivity index (χ1) is 7.42. The van der Waals surface area contributed by atoms with Crippen molar-refractivity contribution in [2.24, 2.45) is 0 Å². The van der Waals surface area contributed by atoms with E-state index in [0.29, 0.717) is 12.7 Å². The molecule has 3 heteroatoms. The molecule has 1 aromatic carbocycles. The van der Waals surface area contributed by atoms with E-state index in [1.807, 2.05) is 30.3 Å². The van der Waals surface area contributed by atoms with Crippen molar-refractivity contribution in [3.8, 4) is 5.75 Å². The first-order valence-electron chi connectivity index (χ1n) is 5.01. The number of hydrogen-bond acceptors (Lipinski definition) is 3. The van der Waals surface area contributed by atoms with E-state index in [9.17, 15) is 0 Å². The van der Waals surface area contributed by atoms with Gasteiger partial charge in [-0.15, -0.1) is 0 Å². The highest BCUT2D eigenvalue weighted by molar-refractivity contribution is 5.79. The number of epoxide rings is 1. The van der Waals surface area contributed by atoms with Crippen LogP contribution in [0.1, 0.15) is 0 Å². The number of rotatable bonds is 3. The summed E-state index contributed by atoms with van der Waals surface area (Å²) < 4.78 is 10.7. The van der Waals surface area contributed by atoms with Gasteiger partial charge < -0.3 is 9.47 Å². The van der Waals surface area contributed by atoms with Gasteiger partial charge in [0.15, 0.2) is 0 Å². The zero-order chi connectivity index (χ0) is 10.1. The van der Waals surface area contributed by atoms with Gasteiger partial charge in [-0.3, -0.25) is 4.98 Å². The maximum Gasteiger partial charge on any atom is 0.121 e. The highest BCUT2D eigenvalue weighted by Crippen LogP contribution is 2.20. The molecule has 0 N–H and O–H groups in total. The van der Waals surface area contributed by atoms with Crippen molar-refractivity contribution >= 4 is 10.9 Å². The van der Waals surface area contributed by atoms with Crippen LogP contribution in [0.2, 0.25) is 0 Å². The van der Waals surface area contributed by atoms with E-state index in [2.05, 4.69) is 4.98 Å². The molecular weight excluding hydrogens is 190 g/mol. The summed E-state index contributed by atoms with van der Waals surface area (Å²) in [5.74, 6) is 0.858. The molecule has 2 heterocycles. The molecule has 0 spiro atoms. The SMILES string of the molecule is c1cnc2cc(OCC3CO3)ccc2c1. The van der Waals surface area contributed by atoms with Gasteiger partial charge >= 0.3 is 0 Å². The zero-order valence-corrected chi connectivity index (χ0v) is 8.22. The van der Waals surface area contributed by atoms with E-state index >= 15 is 0 Å². The predicted octanol–water partition coefficient (Wildman–Crippen LogP) is 2.01. The number of pyridine rings is 1. The van der Waals surface area contributed by atoms with Crippen LogP contribution >= 0.6 is 0 Å². The molecule has 0 aliphatic carbocycles. The maximum absolute atomic E-state index is 5.57. The summed E-state index contributed by atoms with van der Waals surface area (Å²) in [6, 6.07) is 9.91. The number of nitrogens with zero attached hydrogens (tertiary/aromatic N) is 1. The van der Waals surface area contributed by atoms with Gasteiger partial charge in [0.05, 0.1) is 12.1 Å². The topological polar surface area (TPSA) is 34.6 Å². The van der Waals surface area contributed by atoms with E-state index < -0.39 is 0 Å². The van der Waals surface area contributed by atoms with Gasteiger partial charge in [-0.2, -0.15) is 0 Å². The van der Waals surface area contributed by atoms with Crippen LogP contribution in [0.5, 0.6) is 5.75 Å². The highest BCUT2D eigenvalue weighted by atomic mass is 16.6. The normalized spacial score (nSPS) is 19.1. The lowest BCUT2D eigenvalue weighted by atomic mass is 10.2. The molecule has 1 aliphatic rings. The minimum atomic E-state index is 0.296. The Morgan fingerprint density at radius 3 is 3.20 bits per heavy atom. The van der Waals surface area contributed by atoms with Crippen LogP contribution in [0, 0.1) is 0 Å². The molecule has 15 heavy (non-hydrogen) atoms. The molecule has 1 atom stereocenters. The summed E-state index contributed by atoms with van der Waals surface area (Å²) in [6.45, 7) is 1.46. The van der Waals surface area contributed by atoms with E-state index in [0.717, 1.165) is 23.3 Å². The standard InChI is InChI=1S/C12H11NO2/c1-2-9-3-4-10(6-12(9)13-5-1)14-7-11-8-15-11/h1-6,11H,7-8H2. The molecule has 0 amide bonds. The van der Waals surface area contributed by atoms with Gasteiger partial charge in [-0.05, 0) is 18.2 Å². The van der Waals surface area contributed by atoms with Crippen LogP contribution < -0.4 is 4.74 Å². The fourth-order valence-electron chi connectivity index (χ4n) is 1.49. The molecule has 76 valence electrons. The molecule has 0 radical (unpaired) electrons. The Morgan fingerprint density at radius 2 is 2.33 bits per heavy atom. The van der Waals surface area contributed by atoms with Crippen LogP contribution in [0.25, 0.3) is 10.9 Å². The van der Waals surface area contributed by atoms with E-state index in [4.69, 9.17) is 9.47 Å². The van der Waals surface area contributed by atoms with E-state index in [-0.39, 0.29) is 0 Å². The molecule has 2 aromatic rings. The van der Waals surface area contributed by atoms with Gasteiger partial charge in [0, 0.05) is 17.6 Å². The van der Waals surface area contributed by atoms with Crippen LogP contribution in [-0.2, 0) is 4.74 Å². The van der Waals surface area contributed by atoms with Crippen LogP contribution in [0.4, 0.5) is 0 Å². The summed E-state index contributed by atoms with van der Waals surface area (Å²) >= 11 is 0. The first kappa shape index (κ1) is 8.68. The Labute approximate surface area is 87.6 Å². The number of ether oxygens (including phenoxy) is 2. The Morgan fingerprint density at radius 1 is 1.40 bits per heavy atom. The highest BCUT2D eigenvalue weighted by Gasteiger charge is 2.22. The Kier molecular flexibility index (Phi) is 2.03. The van der Waals surface area contributed by atoms with Crippen LogP contribution in [-0.4, -0.2) is 24.3 Å². The molecule has 3 rings (SSSR count). The lowest BCUT2D eigenvalue weighted by molar-refractivity contribution is 0.263. The average molecular weight is 201 g/mol. The Balaban J connectivity index is 1.84. The third kappa shape index (κ3) is 1.92. The molecule has 1 saturated heterocycles. The van der Waals surface area contributed by atoms with Crippen molar-refractivity contribution in [2.45, 2.75) is 6.10 Å². The van der Waals surface area contributed by atoms with E-state index in [1.165, 1.54) is 0 Å². The van der Waals surface area contributed by atoms with Crippen molar-refractivity contribution < 1.29 is 9.47 Å². The molecular formula is C12H11NO2. The van der Waals surface area contributed by atoms with Gasteiger partial charge in [0.1, 0.15) is 18.5 Å². The summed E-state index contributed by atoms with van der Waals surface area (Å²) in [7, 11) is 0. The van der Waals surface area contributed by atoms with Crippen molar-refractivity contribution in [3.63, 3.8) is 0 Å². The third-order valence-electron chi connectivity index (χ3n) is 2.42. The first-order valence-corrected chi connectivity index (χ1v) is 5.01. The molecule has 1 unspecified atom stereocenters. The Hall–Kier alpha value is -1.61. The van der Waals surface area contributed by atoms with Gasteiger partial charge in [-0.25, -0.2) is 0 Å². The molecule has 0 saturated carbocycles. The van der Waals surface area contributed by atoms with Gasteiger partial charge in [0.25, 0.3) is 0 Å². The number of hydrogen-bond donors (Lipinski definition) is 0. The third-order valence-corrected chi connectivity index (χ3v) is 2.42. The molecule has 1 aliphatic heterocycles. The molecule has 3 nitrogen and oxygen atoms in total. The van der Waals surface area contributed by atoms with Crippen molar-refractivity contribution in [1.82, 2.24) is 4.98 Å². The number of fused-ring (bicyclic) bond motifs is 1. The minimum Gasteiger partial charge on any atom is -0.491 e. The second-order valence-electron chi connectivity index (χ2n) is 3.62. The van der Waals surface area contributed by atoms with Gasteiger partial charge in [-0.1, -0.05) is 6.07 Å².